The van der Waals surface area contributed by atoms with Crippen molar-refractivity contribution in [3.8, 4) is 0 Å². The fourth-order valence-corrected chi connectivity index (χ4v) is 1.11. The molecule has 0 rings (SSSR count). The van der Waals surface area contributed by atoms with E-state index in [9.17, 15) is 4.79 Å². The summed E-state index contributed by atoms with van der Waals surface area (Å²) < 4.78 is 15.4. The van der Waals surface area contributed by atoms with Gasteiger partial charge in [0.25, 0.3) is 0 Å². The zero-order chi connectivity index (χ0) is 14.0. The molecule has 0 aliphatic heterocycles. The van der Waals surface area contributed by atoms with Crippen molar-refractivity contribution < 1.29 is 24.1 Å². The molecule has 0 aromatic heterocycles. The van der Waals surface area contributed by atoms with E-state index < -0.39 is 11.5 Å². The Morgan fingerprint density at radius 3 is 2.11 bits per heavy atom. The number of carbonyl (C=O) groups is 1. The summed E-state index contributed by atoms with van der Waals surface area (Å²) in [4.78, 5) is 12.7. The molecule has 0 bridgehead atoms. The Morgan fingerprint density at radius 2 is 1.61 bits per heavy atom. The highest BCUT2D eigenvalue weighted by atomic mass is 16.5. The average molecular weight is 263 g/mol. The van der Waals surface area contributed by atoms with Gasteiger partial charge in [-0.1, -0.05) is 0 Å². The lowest BCUT2D eigenvalue weighted by Crippen LogP contribution is -2.49. The fraction of sp³-hybridized carbons (Fsp3) is 0.917. The van der Waals surface area contributed by atoms with Crippen LogP contribution in [0.1, 0.15) is 13.8 Å². The first-order chi connectivity index (χ1) is 8.42. The van der Waals surface area contributed by atoms with E-state index in [1.54, 1.807) is 32.9 Å². The Bertz CT molecular complexity index is 233. The van der Waals surface area contributed by atoms with Gasteiger partial charge in [0.2, 0.25) is 0 Å². The van der Waals surface area contributed by atoms with Gasteiger partial charge >= 0.3 is 5.97 Å². The van der Waals surface area contributed by atoms with Crippen molar-refractivity contribution in [2.24, 2.45) is 0 Å². The number of rotatable bonds is 11. The summed E-state index contributed by atoms with van der Waals surface area (Å²) >= 11 is 0. The summed E-state index contributed by atoms with van der Waals surface area (Å²) in [5.74, 6) is -0.840. The van der Waals surface area contributed by atoms with Crippen LogP contribution in [0.3, 0.4) is 0 Å². The van der Waals surface area contributed by atoms with E-state index in [1.807, 2.05) is 0 Å². The fourth-order valence-electron chi connectivity index (χ4n) is 1.11. The van der Waals surface area contributed by atoms with Crippen molar-refractivity contribution in [2.75, 3.05) is 53.7 Å². The molecule has 0 heterocycles. The minimum absolute atomic E-state index is 0.487. The van der Waals surface area contributed by atoms with E-state index in [2.05, 4.69) is 0 Å². The maximum Gasteiger partial charge on any atom is 0.323 e. The molecule has 0 aliphatic rings. The Labute approximate surface area is 109 Å². The average Bonchev–Trinajstić information content (AvgIpc) is 2.32. The van der Waals surface area contributed by atoms with Crippen LogP contribution in [-0.4, -0.2) is 75.3 Å². The van der Waals surface area contributed by atoms with Crippen LogP contribution in [0.2, 0.25) is 0 Å². The highest BCUT2D eigenvalue weighted by molar-refractivity contribution is 5.77. The minimum Gasteiger partial charge on any atom is -0.480 e. The Hall–Kier alpha value is -0.690. The second kappa shape index (κ2) is 9.27. The molecule has 6 heteroatoms. The van der Waals surface area contributed by atoms with Gasteiger partial charge in [0.05, 0.1) is 33.0 Å². The molecule has 0 radical (unpaired) electrons. The Morgan fingerprint density at radius 1 is 1.11 bits per heavy atom. The summed E-state index contributed by atoms with van der Waals surface area (Å²) in [6, 6.07) is 0. The molecule has 6 nitrogen and oxygen atoms in total. The van der Waals surface area contributed by atoms with Gasteiger partial charge < -0.3 is 19.3 Å². The first-order valence-electron chi connectivity index (χ1n) is 6.02. The van der Waals surface area contributed by atoms with Crippen molar-refractivity contribution in [1.29, 1.82) is 0 Å². The monoisotopic (exact) mass is 263 g/mol. The molecule has 18 heavy (non-hydrogen) atoms. The predicted molar refractivity (Wildman–Crippen MR) is 67.9 cm³/mol. The molecule has 0 atom stereocenters. The lowest BCUT2D eigenvalue weighted by Gasteiger charge is -2.31. The van der Waals surface area contributed by atoms with Crippen molar-refractivity contribution in [3.63, 3.8) is 0 Å². The minimum atomic E-state index is -0.877. The number of ether oxygens (including phenoxy) is 3. The van der Waals surface area contributed by atoms with E-state index in [0.717, 1.165) is 0 Å². The molecular formula is C12H25NO5. The van der Waals surface area contributed by atoms with E-state index in [4.69, 9.17) is 19.3 Å². The zero-order valence-electron chi connectivity index (χ0n) is 11.8. The summed E-state index contributed by atoms with van der Waals surface area (Å²) in [7, 11) is 3.40. The third kappa shape index (κ3) is 6.90. The number of carboxylic acid groups (broad SMARTS) is 1. The number of nitrogens with zero attached hydrogens (tertiary/aromatic N) is 1. The lowest BCUT2D eigenvalue weighted by molar-refractivity contribution is -0.148. The van der Waals surface area contributed by atoms with Crippen LogP contribution in [0.4, 0.5) is 0 Å². The van der Waals surface area contributed by atoms with Crippen molar-refractivity contribution in [1.82, 2.24) is 4.90 Å². The van der Waals surface area contributed by atoms with Gasteiger partial charge in [-0.2, -0.15) is 0 Å². The second-order valence-electron chi connectivity index (χ2n) is 4.50. The highest BCUT2D eigenvalue weighted by Crippen LogP contribution is 2.11. The van der Waals surface area contributed by atoms with Crippen molar-refractivity contribution in [2.45, 2.75) is 19.4 Å². The van der Waals surface area contributed by atoms with Gasteiger partial charge in [-0.25, -0.2) is 0 Å². The highest BCUT2D eigenvalue weighted by Gasteiger charge is 2.31. The number of carboxylic acids is 1. The maximum absolute atomic E-state index is 11.0. The molecule has 0 amide bonds. The predicted octanol–water partition coefficient (Wildman–Crippen LogP) is 0.461. The standard InChI is InChI=1S/C12H25NO5/c1-12(2,11(14)15)13(3)5-6-17-9-10-18-8-7-16-4/h5-10H2,1-4H3,(H,14,15). The van der Waals surface area contributed by atoms with Crippen LogP contribution in [0.5, 0.6) is 0 Å². The number of aliphatic carboxylic acids is 1. The Kier molecular flexibility index (Phi) is 8.91. The molecule has 0 aromatic carbocycles. The summed E-state index contributed by atoms with van der Waals surface area (Å²) in [6.45, 7) is 6.56. The van der Waals surface area contributed by atoms with Crippen LogP contribution in [0.15, 0.2) is 0 Å². The summed E-state index contributed by atoms with van der Waals surface area (Å²) in [5.41, 5.74) is -0.877. The molecule has 0 saturated carbocycles. The van der Waals surface area contributed by atoms with Crippen LogP contribution < -0.4 is 0 Å². The van der Waals surface area contributed by atoms with Crippen molar-refractivity contribution in [3.05, 3.63) is 0 Å². The van der Waals surface area contributed by atoms with Gasteiger partial charge in [0.1, 0.15) is 5.54 Å². The number of likely N-dealkylation sites (N-methyl/N-ethyl adjacent to an activating group) is 1. The summed E-state index contributed by atoms with van der Waals surface area (Å²) in [5, 5.41) is 9.02. The summed E-state index contributed by atoms with van der Waals surface area (Å²) in [6.07, 6.45) is 0. The molecule has 0 spiro atoms. The molecule has 0 fully saturated rings. The number of hydrogen-bond acceptors (Lipinski definition) is 5. The lowest BCUT2D eigenvalue weighted by atomic mass is 10.0. The first kappa shape index (κ1) is 17.3. The molecule has 0 unspecified atom stereocenters. The van der Waals surface area contributed by atoms with E-state index in [-0.39, 0.29) is 0 Å². The SMILES string of the molecule is COCCOCCOCCN(C)C(C)(C)C(=O)O. The third-order valence-corrected chi connectivity index (χ3v) is 2.85. The topological polar surface area (TPSA) is 68.2 Å². The van der Waals surface area contributed by atoms with Crippen LogP contribution in [0, 0.1) is 0 Å². The van der Waals surface area contributed by atoms with Gasteiger partial charge in [0.15, 0.2) is 0 Å². The molecule has 108 valence electrons. The van der Waals surface area contributed by atoms with Gasteiger partial charge in [-0.3, -0.25) is 9.69 Å². The normalized spacial score (nSPS) is 12.1. The first-order valence-corrected chi connectivity index (χ1v) is 6.02. The van der Waals surface area contributed by atoms with Crippen LogP contribution in [-0.2, 0) is 19.0 Å². The van der Waals surface area contributed by atoms with Crippen LogP contribution >= 0.6 is 0 Å². The van der Waals surface area contributed by atoms with Gasteiger partial charge in [-0.15, -0.1) is 0 Å². The number of hydrogen-bond donors (Lipinski definition) is 1. The maximum atomic E-state index is 11.0. The van der Waals surface area contributed by atoms with E-state index >= 15 is 0 Å². The van der Waals surface area contributed by atoms with Gasteiger partial charge in [0, 0.05) is 13.7 Å². The number of methoxy groups -OCH3 is 1. The molecule has 1 N–H and O–H groups in total. The van der Waals surface area contributed by atoms with Crippen LogP contribution in [0.25, 0.3) is 0 Å². The molecule has 0 saturated heterocycles. The molecule has 0 aliphatic carbocycles. The third-order valence-electron chi connectivity index (χ3n) is 2.85. The largest absolute Gasteiger partial charge is 0.480 e. The molecular weight excluding hydrogens is 238 g/mol. The zero-order valence-corrected chi connectivity index (χ0v) is 11.8. The quantitative estimate of drug-likeness (QED) is 0.546. The molecule has 0 aromatic rings. The Balaban J connectivity index is 3.52. The smallest absolute Gasteiger partial charge is 0.323 e. The van der Waals surface area contributed by atoms with Gasteiger partial charge in [-0.05, 0) is 20.9 Å². The second-order valence-corrected chi connectivity index (χ2v) is 4.50. The van der Waals surface area contributed by atoms with E-state index in [0.29, 0.717) is 39.6 Å². The van der Waals surface area contributed by atoms with Crippen molar-refractivity contribution >= 4 is 5.97 Å². The van der Waals surface area contributed by atoms with E-state index in [1.165, 1.54) is 0 Å².